The zero-order chi connectivity index (χ0) is 26.1. The number of nitrogens with two attached hydrogens (primary N) is 1. The van der Waals surface area contributed by atoms with Crippen molar-refractivity contribution in [3.05, 3.63) is 41.0 Å². The molecule has 3 atom stereocenters. The third-order valence-corrected chi connectivity index (χ3v) is 7.56. The van der Waals surface area contributed by atoms with Gasteiger partial charge in [0.1, 0.15) is 5.75 Å². The van der Waals surface area contributed by atoms with E-state index in [1.54, 1.807) is 0 Å². The Morgan fingerprint density at radius 2 is 1.94 bits per heavy atom. The van der Waals surface area contributed by atoms with Crippen LogP contribution in [-0.2, 0) is 11.2 Å². The highest BCUT2D eigenvalue weighted by Gasteiger charge is 2.35. The highest BCUT2D eigenvalue weighted by Crippen LogP contribution is 2.36. The van der Waals surface area contributed by atoms with Crippen LogP contribution >= 0.6 is 0 Å². The molecule has 1 aromatic carbocycles. The Kier molecular flexibility index (Phi) is 11.3. The third kappa shape index (κ3) is 8.60. The van der Waals surface area contributed by atoms with Crippen LogP contribution in [0.2, 0.25) is 0 Å². The second-order valence-corrected chi connectivity index (χ2v) is 11.4. The number of likely N-dealkylation sites (tertiary alicyclic amines) is 1. The second-order valence-electron chi connectivity index (χ2n) is 11.4. The predicted octanol–water partition coefficient (Wildman–Crippen LogP) is 4.43. The molecule has 0 aliphatic carbocycles. The van der Waals surface area contributed by atoms with Gasteiger partial charge in [0.15, 0.2) is 0 Å². The Labute approximate surface area is 219 Å². The molecule has 202 valence electrons. The molecular weight excluding hydrogens is 448 g/mol. The van der Waals surface area contributed by atoms with E-state index in [9.17, 15) is 4.79 Å². The number of carbonyl (C=O) groups excluding carboxylic acids is 1. The molecule has 1 fully saturated rings. The van der Waals surface area contributed by atoms with Crippen LogP contribution in [-0.4, -0.2) is 86.1 Å². The molecule has 2 aliphatic heterocycles. The molecule has 6 nitrogen and oxygen atoms in total. The molecule has 2 N–H and O–H groups in total. The number of rotatable bonds is 14. The van der Waals surface area contributed by atoms with Crippen LogP contribution in [0.4, 0.5) is 0 Å². The summed E-state index contributed by atoms with van der Waals surface area (Å²) in [7, 11) is 4.22. The minimum absolute atomic E-state index is 0.0204. The normalized spacial score (nSPS) is 20.3. The summed E-state index contributed by atoms with van der Waals surface area (Å²) in [5.74, 6) is 1.74. The summed E-state index contributed by atoms with van der Waals surface area (Å²) >= 11 is 0. The molecule has 0 bridgehead atoms. The van der Waals surface area contributed by atoms with Crippen LogP contribution in [0.5, 0.6) is 5.75 Å². The van der Waals surface area contributed by atoms with Gasteiger partial charge >= 0.3 is 0 Å². The summed E-state index contributed by atoms with van der Waals surface area (Å²) in [6.07, 6.45) is 9.45. The maximum atomic E-state index is 13.6. The minimum Gasteiger partial charge on any atom is -0.493 e. The summed E-state index contributed by atoms with van der Waals surface area (Å²) in [6.45, 7) is 11.4. The number of benzene rings is 1. The first-order chi connectivity index (χ1) is 17.3. The number of nitrogens with zero attached hydrogens (tertiary/aromatic N) is 3. The first-order valence-corrected chi connectivity index (χ1v) is 14.1. The van der Waals surface area contributed by atoms with E-state index in [4.69, 9.17) is 10.5 Å². The van der Waals surface area contributed by atoms with Gasteiger partial charge in [-0.1, -0.05) is 37.1 Å². The van der Waals surface area contributed by atoms with Gasteiger partial charge in [-0.05, 0) is 89.7 Å². The molecule has 2 unspecified atom stereocenters. The van der Waals surface area contributed by atoms with Gasteiger partial charge in [-0.3, -0.25) is 9.69 Å². The van der Waals surface area contributed by atoms with E-state index < -0.39 is 0 Å². The number of allylic oxidation sites excluding steroid dienone is 1. The number of fused-ring (bicyclic) bond motifs is 1. The molecule has 2 aliphatic rings. The van der Waals surface area contributed by atoms with Crippen LogP contribution in [0.25, 0.3) is 0 Å². The molecule has 2 heterocycles. The van der Waals surface area contributed by atoms with Crippen molar-refractivity contribution in [1.82, 2.24) is 14.7 Å². The number of carbonyl (C=O) groups is 1. The van der Waals surface area contributed by atoms with Crippen LogP contribution in [0.3, 0.4) is 0 Å². The van der Waals surface area contributed by atoms with Crippen molar-refractivity contribution >= 4 is 5.91 Å². The Balaban J connectivity index is 1.69. The minimum atomic E-state index is 0.0204. The number of unbranched alkanes of at least 4 members (excludes halogenated alkanes) is 2. The van der Waals surface area contributed by atoms with Crippen molar-refractivity contribution in [2.75, 3.05) is 53.4 Å². The van der Waals surface area contributed by atoms with E-state index in [1.165, 1.54) is 16.7 Å². The predicted molar refractivity (Wildman–Crippen MR) is 150 cm³/mol. The molecule has 3 rings (SSSR count). The second kappa shape index (κ2) is 14.2. The van der Waals surface area contributed by atoms with E-state index in [-0.39, 0.29) is 11.9 Å². The standard InChI is InChI=1S/C30H50N4O2/c1-6-7-14-33(15-9-8-13-32(4)5)30(35)22-34-21-26(19-28(34)20-27(31)17-23(2)3)24-10-11-29-25(18-24)12-16-36-29/h10-11,17-18,26-28H,6-9,12-16,19-22,31H2,1-5H3/t26?,27?,28-/m1/s1. The summed E-state index contributed by atoms with van der Waals surface area (Å²) in [5.41, 5.74) is 10.5. The Morgan fingerprint density at radius 3 is 2.67 bits per heavy atom. The maximum Gasteiger partial charge on any atom is 0.236 e. The molecule has 0 aromatic heterocycles. The summed E-state index contributed by atoms with van der Waals surface area (Å²) in [5, 5.41) is 0. The van der Waals surface area contributed by atoms with E-state index in [1.807, 2.05) is 0 Å². The van der Waals surface area contributed by atoms with Crippen molar-refractivity contribution in [3.8, 4) is 5.75 Å². The molecule has 0 spiro atoms. The lowest BCUT2D eigenvalue weighted by atomic mass is 9.92. The van der Waals surface area contributed by atoms with E-state index in [0.717, 1.165) is 83.5 Å². The average Bonchev–Trinajstić information content (AvgIpc) is 3.44. The fraction of sp³-hybridized carbons (Fsp3) is 0.700. The average molecular weight is 499 g/mol. The lowest BCUT2D eigenvalue weighted by Gasteiger charge is -2.29. The molecule has 0 radical (unpaired) electrons. The van der Waals surface area contributed by atoms with Gasteiger partial charge in [-0.2, -0.15) is 0 Å². The summed E-state index contributed by atoms with van der Waals surface area (Å²) < 4.78 is 5.73. The highest BCUT2D eigenvalue weighted by molar-refractivity contribution is 5.78. The first kappa shape index (κ1) is 28.7. The van der Waals surface area contributed by atoms with E-state index in [2.05, 4.69) is 73.8 Å². The summed E-state index contributed by atoms with van der Waals surface area (Å²) in [6, 6.07) is 7.04. The Bertz CT molecular complexity index is 865. The van der Waals surface area contributed by atoms with Crippen LogP contribution in [0.15, 0.2) is 29.8 Å². The van der Waals surface area contributed by atoms with Gasteiger partial charge in [0, 0.05) is 38.1 Å². The van der Waals surface area contributed by atoms with E-state index in [0.29, 0.717) is 18.5 Å². The quantitative estimate of drug-likeness (QED) is 0.304. The van der Waals surface area contributed by atoms with Crippen molar-refractivity contribution in [1.29, 1.82) is 0 Å². The van der Waals surface area contributed by atoms with E-state index >= 15 is 0 Å². The van der Waals surface area contributed by atoms with Crippen molar-refractivity contribution in [2.45, 2.75) is 83.7 Å². The fourth-order valence-corrected chi connectivity index (χ4v) is 5.65. The molecule has 1 aromatic rings. The largest absolute Gasteiger partial charge is 0.493 e. The van der Waals surface area contributed by atoms with Crippen LogP contribution in [0, 0.1) is 0 Å². The first-order valence-electron chi connectivity index (χ1n) is 14.1. The third-order valence-electron chi connectivity index (χ3n) is 7.56. The Hall–Kier alpha value is -1.89. The lowest BCUT2D eigenvalue weighted by Crippen LogP contribution is -2.44. The Morgan fingerprint density at radius 1 is 1.19 bits per heavy atom. The molecule has 36 heavy (non-hydrogen) atoms. The summed E-state index contributed by atoms with van der Waals surface area (Å²) in [4.78, 5) is 20.3. The van der Waals surface area contributed by atoms with Crippen LogP contribution in [0.1, 0.15) is 76.3 Å². The molecule has 1 amide bonds. The monoisotopic (exact) mass is 498 g/mol. The maximum absolute atomic E-state index is 13.6. The number of hydrogen-bond acceptors (Lipinski definition) is 5. The van der Waals surface area contributed by atoms with Gasteiger partial charge in [0.2, 0.25) is 5.91 Å². The number of hydrogen-bond donors (Lipinski definition) is 1. The molecule has 6 heteroatoms. The van der Waals surface area contributed by atoms with Crippen molar-refractivity contribution < 1.29 is 9.53 Å². The topological polar surface area (TPSA) is 62.0 Å². The van der Waals surface area contributed by atoms with Gasteiger partial charge < -0.3 is 20.3 Å². The highest BCUT2D eigenvalue weighted by atomic mass is 16.5. The van der Waals surface area contributed by atoms with Crippen molar-refractivity contribution in [2.24, 2.45) is 5.73 Å². The smallest absolute Gasteiger partial charge is 0.236 e. The number of amides is 1. The zero-order valence-corrected chi connectivity index (χ0v) is 23.5. The zero-order valence-electron chi connectivity index (χ0n) is 23.5. The van der Waals surface area contributed by atoms with Gasteiger partial charge in [-0.15, -0.1) is 0 Å². The fourth-order valence-electron chi connectivity index (χ4n) is 5.65. The molecule has 0 saturated carbocycles. The van der Waals surface area contributed by atoms with Crippen LogP contribution < -0.4 is 10.5 Å². The lowest BCUT2D eigenvalue weighted by molar-refractivity contribution is -0.132. The molecule has 1 saturated heterocycles. The van der Waals surface area contributed by atoms with Crippen molar-refractivity contribution in [3.63, 3.8) is 0 Å². The van der Waals surface area contributed by atoms with Gasteiger partial charge in [0.05, 0.1) is 13.2 Å². The SMILES string of the molecule is CCCCN(CCCCN(C)C)C(=O)CN1CC(c2ccc3c(c2)CCO3)C[C@@H]1CC(N)C=C(C)C. The van der Waals surface area contributed by atoms with Gasteiger partial charge in [0.25, 0.3) is 0 Å². The van der Waals surface area contributed by atoms with Gasteiger partial charge in [-0.25, -0.2) is 0 Å². The number of ether oxygens (including phenoxy) is 1. The molecular formula is C30H50N4O2.